The number of carbonyl (C=O) groups is 1. The molecule has 0 aliphatic rings. The third-order valence-corrected chi connectivity index (χ3v) is 3.94. The van der Waals surface area contributed by atoms with E-state index in [9.17, 15) is 4.79 Å². The number of carboxylic acids is 1. The minimum atomic E-state index is -0.929. The minimum Gasteiger partial charge on any atom is -0.494 e. The highest BCUT2D eigenvalue weighted by Crippen LogP contribution is 2.21. The van der Waals surface area contributed by atoms with Crippen LogP contribution in [0.4, 0.5) is 0 Å². The van der Waals surface area contributed by atoms with Crippen molar-refractivity contribution in [2.45, 2.75) is 20.3 Å². The van der Waals surface area contributed by atoms with Crippen LogP contribution in [-0.4, -0.2) is 29.3 Å². The highest BCUT2D eigenvalue weighted by molar-refractivity contribution is 7.13. The standard InChI is InChI=1S/C15H17NO4S/c1-3-19-11-5-4-6-12(9-11)20-8-7-13-16-10(2)14(21-13)15(17)18/h4-6,9H,3,7-8H2,1-2H3,(H,17,18). The van der Waals surface area contributed by atoms with Gasteiger partial charge in [-0.15, -0.1) is 11.3 Å². The zero-order valence-electron chi connectivity index (χ0n) is 12.0. The first-order valence-electron chi connectivity index (χ1n) is 6.65. The first-order valence-corrected chi connectivity index (χ1v) is 7.47. The summed E-state index contributed by atoms with van der Waals surface area (Å²) in [6.45, 7) is 4.69. The average Bonchev–Trinajstić information content (AvgIpc) is 2.81. The van der Waals surface area contributed by atoms with Crippen molar-refractivity contribution in [3.05, 3.63) is 39.8 Å². The molecule has 1 N–H and O–H groups in total. The second kappa shape index (κ2) is 7.08. The number of hydrogen-bond donors (Lipinski definition) is 1. The Labute approximate surface area is 127 Å². The molecule has 112 valence electrons. The van der Waals surface area contributed by atoms with Gasteiger partial charge in [-0.2, -0.15) is 0 Å². The average molecular weight is 307 g/mol. The van der Waals surface area contributed by atoms with Gasteiger partial charge >= 0.3 is 5.97 Å². The van der Waals surface area contributed by atoms with E-state index in [-0.39, 0.29) is 0 Å². The van der Waals surface area contributed by atoms with Crippen LogP contribution in [0.15, 0.2) is 24.3 Å². The van der Waals surface area contributed by atoms with Crippen molar-refractivity contribution in [2.24, 2.45) is 0 Å². The summed E-state index contributed by atoms with van der Waals surface area (Å²) in [6.07, 6.45) is 0.581. The van der Waals surface area contributed by atoms with Crippen LogP contribution in [-0.2, 0) is 6.42 Å². The van der Waals surface area contributed by atoms with Gasteiger partial charge in [-0.25, -0.2) is 9.78 Å². The second-order valence-corrected chi connectivity index (χ2v) is 5.42. The molecule has 0 radical (unpaired) electrons. The van der Waals surface area contributed by atoms with E-state index in [0.29, 0.717) is 30.2 Å². The van der Waals surface area contributed by atoms with E-state index >= 15 is 0 Å². The molecule has 2 aromatic rings. The molecule has 1 aromatic carbocycles. The molecular formula is C15H17NO4S. The van der Waals surface area contributed by atoms with E-state index in [4.69, 9.17) is 14.6 Å². The molecule has 1 aromatic heterocycles. The maximum atomic E-state index is 11.0. The van der Waals surface area contributed by atoms with Gasteiger partial charge in [0.15, 0.2) is 0 Å². The maximum Gasteiger partial charge on any atom is 0.347 e. The predicted molar refractivity (Wildman–Crippen MR) is 80.6 cm³/mol. The van der Waals surface area contributed by atoms with Gasteiger partial charge in [0.05, 0.1) is 23.9 Å². The minimum absolute atomic E-state index is 0.295. The summed E-state index contributed by atoms with van der Waals surface area (Å²) < 4.78 is 11.0. The van der Waals surface area contributed by atoms with Crippen LogP contribution in [0.3, 0.4) is 0 Å². The van der Waals surface area contributed by atoms with E-state index in [0.717, 1.165) is 16.5 Å². The molecule has 0 spiro atoms. The molecule has 0 aliphatic carbocycles. The number of nitrogens with zero attached hydrogens (tertiary/aromatic N) is 1. The summed E-state index contributed by atoms with van der Waals surface area (Å²) in [5, 5.41) is 9.76. The van der Waals surface area contributed by atoms with Crippen LogP contribution in [0.1, 0.15) is 27.3 Å². The fourth-order valence-corrected chi connectivity index (χ4v) is 2.72. The molecule has 2 rings (SSSR count). The zero-order valence-corrected chi connectivity index (χ0v) is 12.8. The Morgan fingerprint density at radius 3 is 2.67 bits per heavy atom. The third-order valence-electron chi connectivity index (χ3n) is 2.74. The molecule has 0 amide bonds. The normalized spacial score (nSPS) is 10.4. The highest BCUT2D eigenvalue weighted by atomic mass is 32.1. The van der Waals surface area contributed by atoms with Crippen LogP contribution in [0, 0.1) is 6.92 Å². The Morgan fingerprint density at radius 1 is 1.33 bits per heavy atom. The lowest BCUT2D eigenvalue weighted by atomic mass is 10.3. The van der Waals surface area contributed by atoms with E-state index in [1.807, 2.05) is 31.2 Å². The fraction of sp³-hybridized carbons (Fsp3) is 0.333. The molecule has 0 atom stereocenters. The lowest BCUT2D eigenvalue weighted by Crippen LogP contribution is -2.01. The predicted octanol–water partition coefficient (Wildman–Crippen LogP) is 3.17. The number of aromatic nitrogens is 1. The summed E-state index contributed by atoms with van der Waals surface area (Å²) >= 11 is 1.20. The topological polar surface area (TPSA) is 68.7 Å². The zero-order chi connectivity index (χ0) is 15.2. The van der Waals surface area contributed by atoms with Crippen LogP contribution in [0.5, 0.6) is 11.5 Å². The van der Waals surface area contributed by atoms with Crippen molar-refractivity contribution in [1.82, 2.24) is 4.98 Å². The van der Waals surface area contributed by atoms with Crippen molar-refractivity contribution in [2.75, 3.05) is 13.2 Å². The Morgan fingerprint density at radius 2 is 2.05 bits per heavy atom. The molecule has 0 bridgehead atoms. The van der Waals surface area contributed by atoms with Crippen LogP contribution in [0.2, 0.25) is 0 Å². The summed E-state index contributed by atoms with van der Waals surface area (Å²) in [7, 11) is 0. The molecular weight excluding hydrogens is 290 g/mol. The van der Waals surface area contributed by atoms with Crippen LogP contribution < -0.4 is 9.47 Å². The molecule has 21 heavy (non-hydrogen) atoms. The molecule has 0 aliphatic heterocycles. The van der Waals surface area contributed by atoms with Crippen molar-refractivity contribution < 1.29 is 19.4 Å². The number of ether oxygens (including phenoxy) is 2. The molecule has 6 heteroatoms. The Bertz CT molecular complexity index is 624. The lowest BCUT2D eigenvalue weighted by molar-refractivity contribution is 0.0701. The lowest BCUT2D eigenvalue weighted by Gasteiger charge is -2.07. The van der Waals surface area contributed by atoms with Crippen molar-refractivity contribution in [3.8, 4) is 11.5 Å². The number of aryl methyl sites for hydroxylation is 1. The number of thiazole rings is 1. The Kier molecular flexibility index (Phi) is 5.16. The number of carboxylic acid groups (broad SMARTS) is 1. The number of benzene rings is 1. The van der Waals surface area contributed by atoms with Crippen LogP contribution >= 0.6 is 11.3 Å². The molecule has 0 saturated heterocycles. The maximum absolute atomic E-state index is 11.0. The van der Waals surface area contributed by atoms with Gasteiger partial charge in [0, 0.05) is 12.5 Å². The molecule has 0 fully saturated rings. The number of rotatable bonds is 7. The Balaban J connectivity index is 1.91. The van der Waals surface area contributed by atoms with Crippen molar-refractivity contribution in [3.63, 3.8) is 0 Å². The second-order valence-electron chi connectivity index (χ2n) is 4.33. The van der Waals surface area contributed by atoms with Gasteiger partial charge in [0.25, 0.3) is 0 Å². The fourth-order valence-electron chi connectivity index (χ4n) is 1.83. The molecule has 5 nitrogen and oxygen atoms in total. The third kappa shape index (κ3) is 4.19. The molecule has 0 unspecified atom stereocenters. The molecule has 0 saturated carbocycles. The Hall–Kier alpha value is -2.08. The highest BCUT2D eigenvalue weighted by Gasteiger charge is 2.13. The van der Waals surface area contributed by atoms with Gasteiger partial charge in [0.1, 0.15) is 16.4 Å². The van der Waals surface area contributed by atoms with E-state index in [1.165, 1.54) is 11.3 Å². The van der Waals surface area contributed by atoms with Crippen molar-refractivity contribution >= 4 is 17.3 Å². The van der Waals surface area contributed by atoms with Gasteiger partial charge in [-0.05, 0) is 26.0 Å². The first kappa shape index (κ1) is 15.3. The summed E-state index contributed by atoms with van der Waals surface area (Å²) in [6, 6.07) is 7.44. The molecule has 1 heterocycles. The van der Waals surface area contributed by atoms with E-state index < -0.39 is 5.97 Å². The first-order chi connectivity index (χ1) is 10.1. The van der Waals surface area contributed by atoms with Gasteiger partial charge in [-0.3, -0.25) is 0 Å². The SMILES string of the molecule is CCOc1cccc(OCCc2nc(C)c(C(=O)O)s2)c1. The van der Waals surface area contributed by atoms with E-state index in [1.54, 1.807) is 6.92 Å². The largest absolute Gasteiger partial charge is 0.494 e. The monoisotopic (exact) mass is 307 g/mol. The number of hydrogen-bond acceptors (Lipinski definition) is 5. The summed E-state index contributed by atoms with van der Waals surface area (Å²) in [5.74, 6) is 0.572. The smallest absolute Gasteiger partial charge is 0.347 e. The summed E-state index contributed by atoms with van der Waals surface area (Å²) in [5.41, 5.74) is 0.556. The van der Waals surface area contributed by atoms with E-state index in [2.05, 4.69) is 4.98 Å². The van der Waals surface area contributed by atoms with Crippen LogP contribution in [0.25, 0.3) is 0 Å². The van der Waals surface area contributed by atoms with Gasteiger partial charge in [0.2, 0.25) is 0 Å². The quantitative estimate of drug-likeness (QED) is 0.851. The summed E-state index contributed by atoms with van der Waals surface area (Å²) in [4.78, 5) is 15.5. The number of aromatic carboxylic acids is 1. The van der Waals surface area contributed by atoms with Gasteiger partial charge < -0.3 is 14.6 Å². The van der Waals surface area contributed by atoms with Gasteiger partial charge in [-0.1, -0.05) is 6.07 Å². The van der Waals surface area contributed by atoms with Crippen molar-refractivity contribution in [1.29, 1.82) is 0 Å².